The van der Waals surface area contributed by atoms with Crippen molar-refractivity contribution in [2.75, 3.05) is 6.61 Å². The number of aliphatic hydroxyl groups excluding tert-OH is 1. The molecule has 0 aliphatic heterocycles. The predicted octanol–water partition coefficient (Wildman–Crippen LogP) is 2.90. The number of aryl methyl sites for hydroxylation is 2. The lowest BCUT2D eigenvalue weighted by Gasteiger charge is -2.03. The van der Waals surface area contributed by atoms with Gasteiger partial charge in [0.25, 0.3) is 0 Å². The van der Waals surface area contributed by atoms with E-state index in [2.05, 4.69) is 42.3 Å². The van der Waals surface area contributed by atoms with Crippen molar-refractivity contribution < 1.29 is 5.11 Å². The molecule has 0 bridgehead atoms. The van der Waals surface area contributed by atoms with E-state index in [1.807, 2.05) is 4.68 Å². The number of hydrogen-bond acceptors (Lipinski definition) is 4. The fourth-order valence-electron chi connectivity index (χ4n) is 1.99. The average Bonchev–Trinajstić information content (AvgIpc) is 2.92. The molecule has 4 nitrogen and oxygen atoms in total. The standard InChI is InChI=1S/C14H21N3OS/c1-10(2)9-12-15-14(13-11(3)5-8-19-13)17(16-12)6-4-7-18/h5,8,10,18H,4,6-7,9H2,1-3H3. The molecule has 0 radical (unpaired) electrons. The molecule has 19 heavy (non-hydrogen) atoms. The van der Waals surface area contributed by atoms with E-state index in [4.69, 9.17) is 5.11 Å². The van der Waals surface area contributed by atoms with Crippen molar-refractivity contribution in [3.05, 3.63) is 22.8 Å². The summed E-state index contributed by atoms with van der Waals surface area (Å²) in [7, 11) is 0. The van der Waals surface area contributed by atoms with Crippen LogP contribution in [0.1, 0.15) is 31.7 Å². The summed E-state index contributed by atoms with van der Waals surface area (Å²) < 4.78 is 1.94. The normalized spacial score (nSPS) is 11.4. The van der Waals surface area contributed by atoms with E-state index >= 15 is 0 Å². The number of thiophene rings is 1. The molecule has 0 amide bonds. The van der Waals surface area contributed by atoms with Crippen molar-refractivity contribution in [3.63, 3.8) is 0 Å². The number of rotatable bonds is 6. The SMILES string of the molecule is Cc1ccsc1-c1nc(CC(C)C)nn1CCCO. The highest BCUT2D eigenvalue weighted by Gasteiger charge is 2.15. The lowest BCUT2D eigenvalue weighted by molar-refractivity contribution is 0.277. The first-order chi connectivity index (χ1) is 9.11. The molecule has 1 N–H and O–H groups in total. The van der Waals surface area contributed by atoms with Gasteiger partial charge in [0.2, 0.25) is 0 Å². The monoisotopic (exact) mass is 279 g/mol. The number of hydrogen-bond donors (Lipinski definition) is 1. The smallest absolute Gasteiger partial charge is 0.168 e. The summed E-state index contributed by atoms with van der Waals surface area (Å²) >= 11 is 1.70. The quantitative estimate of drug-likeness (QED) is 0.884. The topological polar surface area (TPSA) is 50.9 Å². The van der Waals surface area contributed by atoms with E-state index in [-0.39, 0.29) is 6.61 Å². The van der Waals surface area contributed by atoms with Crippen LogP contribution < -0.4 is 0 Å². The maximum absolute atomic E-state index is 9.00. The molecule has 2 heterocycles. The average molecular weight is 279 g/mol. The highest BCUT2D eigenvalue weighted by molar-refractivity contribution is 7.13. The van der Waals surface area contributed by atoms with Crippen LogP contribution in [0, 0.1) is 12.8 Å². The first-order valence-electron chi connectivity index (χ1n) is 6.71. The van der Waals surface area contributed by atoms with Gasteiger partial charge in [-0.2, -0.15) is 5.10 Å². The molecule has 104 valence electrons. The Hall–Kier alpha value is -1.20. The predicted molar refractivity (Wildman–Crippen MR) is 78.3 cm³/mol. The molecule has 0 unspecified atom stereocenters. The summed E-state index contributed by atoms with van der Waals surface area (Å²) in [4.78, 5) is 5.87. The van der Waals surface area contributed by atoms with Crippen LogP contribution in [0.2, 0.25) is 0 Å². The van der Waals surface area contributed by atoms with Gasteiger partial charge in [-0.05, 0) is 36.3 Å². The van der Waals surface area contributed by atoms with Crippen LogP contribution >= 0.6 is 11.3 Å². The van der Waals surface area contributed by atoms with Gasteiger partial charge in [-0.15, -0.1) is 11.3 Å². The van der Waals surface area contributed by atoms with Crippen molar-refractivity contribution in [2.24, 2.45) is 5.92 Å². The molecule has 0 fully saturated rings. The molecule has 2 rings (SSSR count). The van der Waals surface area contributed by atoms with E-state index in [0.29, 0.717) is 18.9 Å². The Labute approximate surface area is 118 Å². The Bertz CT molecular complexity index is 531. The van der Waals surface area contributed by atoms with Gasteiger partial charge in [0, 0.05) is 19.6 Å². The van der Waals surface area contributed by atoms with Gasteiger partial charge in [0.1, 0.15) is 0 Å². The van der Waals surface area contributed by atoms with Gasteiger partial charge in [-0.1, -0.05) is 13.8 Å². The minimum atomic E-state index is 0.183. The van der Waals surface area contributed by atoms with E-state index in [1.165, 1.54) is 10.4 Å². The minimum absolute atomic E-state index is 0.183. The maximum atomic E-state index is 9.00. The highest BCUT2D eigenvalue weighted by Crippen LogP contribution is 2.28. The molecule has 0 saturated heterocycles. The van der Waals surface area contributed by atoms with Crippen LogP contribution in [-0.4, -0.2) is 26.5 Å². The van der Waals surface area contributed by atoms with Gasteiger partial charge in [-0.3, -0.25) is 0 Å². The molecule has 0 aliphatic carbocycles. The fraction of sp³-hybridized carbons (Fsp3) is 0.571. The van der Waals surface area contributed by atoms with Gasteiger partial charge in [-0.25, -0.2) is 9.67 Å². The summed E-state index contributed by atoms with van der Waals surface area (Å²) in [5.41, 5.74) is 1.23. The van der Waals surface area contributed by atoms with Crippen molar-refractivity contribution in [1.29, 1.82) is 0 Å². The van der Waals surface area contributed by atoms with Gasteiger partial charge >= 0.3 is 0 Å². The highest BCUT2D eigenvalue weighted by atomic mass is 32.1. The van der Waals surface area contributed by atoms with Gasteiger partial charge < -0.3 is 5.11 Å². The zero-order valence-electron chi connectivity index (χ0n) is 11.8. The van der Waals surface area contributed by atoms with E-state index in [1.54, 1.807) is 11.3 Å². The Morgan fingerprint density at radius 2 is 2.21 bits per heavy atom. The fourth-order valence-corrected chi connectivity index (χ4v) is 2.91. The second-order valence-electron chi connectivity index (χ2n) is 5.18. The summed E-state index contributed by atoms with van der Waals surface area (Å²) in [6.07, 6.45) is 1.60. The van der Waals surface area contributed by atoms with Crippen LogP contribution in [0.15, 0.2) is 11.4 Å². The molecule has 0 aliphatic rings. The Morgan fingerprint density at radius 1 is 1.42 bits per heavy atom. The third kappa shape index (κ3) is 3.42. The van der Waals surface area contributed by atoms with Crippen molar-refractivity contribution in [1.82, 2.24) is 14.8 Å². The van der Waals surface area contributed by atoms with Crippen molar-refractivity contribution in [2.45, 2.75) is 40.2 Å². The summed E-state index contributed by atoms with van der Waals surface area (Å²) in [6, 6.07) is 2.10. The number of aromatic nitrogens is 3. The third-order valence-corrected chi connectivity index (χ3v) is 3.91. The lowest BCUT2D eigenvalue weighted by atomic mass is 10.1. The number of nitrogens with zero attached hydrogens (tertiary/aromatic N) is 3. The zero-order valence-corrected chi connectivity index (χ0v) is 12.6. The summed E-state index contributed by atoms with van der Waals surface area (Å²) in [5.74, 6) is 2.39. The van der Waals surface area contributed by atoms with Crippen LogP contribution in [0.5, 0.6) is 0 Å². The molecule has 2 aromatic rings. The lowest BCUT2D eigenvalue weighted by Crippen LogP contribution is -2.05. The number of aliphatic hydroxyl groups is 1. The Balaban J connectivity index is 2.33. The van der Waals surface area contributed by atoms with Crippen LogP contribution in [0.25, 0.3) is 10.7 Å². The molecule has 0 spiro atoms. The first kappa shape index (κ1) is 14.2. The van der Waals surface area contributed by atoms with Crippen LogP contribution in [-0.2, 0) is 13.0 Å². The van der Waals surface area contributed by atoms with E-state index in [0.717, 1.165) is 18.1 Å². The largest absolute Gasteiger partial charge is 0.396 e. The van der Waals surface area contributed by atoms with Gasteiger partial charge in [0.15, 0.2) is 11.6 Å². The molecular weight excluding hydrogens is 258 g/mol. The Kier molecular flexibility index (Phi) is 4.71. The molecular formula is C14H21N3OS. The van der Waals surface area contributed by atoms with Crippen LogP contribution in [0.3, 0.4) is 0 Å². The molecule has 0 aromatic carbocycles. The summed E-state index contributed by atoms with van der Waals surface area (Å²) in [5, 5.41) is 15.7. The van der Waals surface area contributed by atoms with Crippen LogP contribution in [0.4, 0.5) is 0 Å². The molecule has 0 saturated carbocycles. The van der Waals surface area contributed by atoms with Crippen molar-refractivity contribution in [3.8, 4) is 10.7 Å². The van der Waals surface area contributed by atoms with E-state index in [9.17, 15) is 0 Å². The van der Waals surface area contributed by atoms with Crippen molar-refractivity contribution >= 4 is 11.3 Å². The molecule has 5 heteroatoms. The minimum Gasteiger partial charge on any atom is -0.396 e. The molecule has 0 atom stereocenters. The van der Waals surface area contributed by atoms with E-state index < -0.39 is 0 Å². The summed E-state index contributed by atoms with van der Waals surface area (Å²) in [6.45, 7) is 7.34. The Morgan fingerprint density at radius 3 is 2.79 bits per heavy atom. The zero-order chi connectivity index (χ0) is 13.8. The third-order valence-electron chi connectivity index (χ3n) is 2.90. The van der Waals surface area contributed by atoms with Gasteiger partial charge in [0.05, 0.1) is 4.88 Å². The maximum Gasteiger partial charge on any atom is 0.168 e. The molecule has 2 aromatic heterocycles. The second kappa shape index (κ2) is 6.30. The first-order valence-corrected chi connectivity index (χ1v) is 7.58. The second-order valence-corrected chi connectivity index (χ2v) is 6.10.